The molecule has 0 saturated carbocycles. The van der Waals surface area contributed by atoms with Crippen LogP contribution in [-0.2, 0) is 14.3 Å². The third-order valence-electron chi connectivity index (χ3n) is 4.24. The molecule has 5 heteroatoms. The Balaban J connectivity index is 1.95. The second kappa shape index (κ2) is 6.68. The quantitative estimate of drug-likeness (QED) is 0.790. The van der Waals surface area contributed by atoms with Crippen molar-refractivity contribution in [2.24, 2.45) is 5.41 Å². The van der Waals surface area contributed by atoms with Crippen LogP contribution in [0.5, 0.6) is 0 Å². The second-order valence-corrected chi connectivity index (χ2v) is 5.70. The van der Waals surface area contributed by atoms with Crippen LogP contribution >= 0.6 is 0 Å². The molecule has 0 aliphatic carbocycles. The minimum absolute atomic E-state index is 0.273. The van der Waals surface area contributed by atoms with E-state index in [4.69, 9.17) is 9.47 Å². The van der Waals surface area contributed by atoms with E-state index in [-0.39, 0.29) is 6.10 Å². The van der Waals surface area contributed by atoms with Gasteiger partial charge in [0, 0.05) is 26.3 Å². The van der Waals surface area contributed by atoms with Crippen molar-refractivity contribution in [2.75, 3.05) is 39.5 Å². The number of hydrogen-bond acceptors (Lipinski definition) is 4. The van der Waals surface area contributed by atoms with Gasteiger partial charge in [-0.2, -0.15) is 0 Å². The highest BCUT2D eigenvalue weighted by Crippen LogP contribution is 2.30. The molecular formula is C14H25NO4. The van der Waals surface area contributed by atoms with Crippen molar-refractivity contribution in [3.63, 3.8) is 0 Å². The Hall–Kier alpha value is -0.650. The first-order chi connectivity index (χ1) is 9.16. The number of ether oxygens (including phenoxy) is 2. The van der Waals surface area contributed by atoms with Crippen LogP contribution in [0.1, 0.15) is 32.6 Å². The highest BCUT2D eigenvalue weighted by molar-refractivity contribution is 5.75. The Labute approximate surface area is 114 Å². The number of carbonyl (C=O) groups is 1. The minimum atomic E-state index is -0.729. The summed E-state index contributed by atoms with van der Waals surface area (Å²) in [4.78, 5) is 13.8. The molecule has 2 saturated heterocycles. The van der Waals surface area contributed by atoms with Gasteiger partial charge in [0.2, 0.25) is 0 Å². The molecule has 0 radical (unpaired) electrons. The van der Waals surface area contributed by atoms with Crippen molar-refractivity contribution in [2.45, 2.75) is 38.7 Å². The van der Waals surface area contributed by atoms with E-state index in [0.717, 1.165) is 39.0 Å². The number of likely N-dealkylation sites (N-methyl/N-ethyl adjacent to an activating group) is 1. The summed E-state index contributed by atoms with van der Waals surface area (Å²) >= 11 is 0. The number of rotatable bonds is 6. The van der Waals surface area contributed by atoms with E-state index in [9.17, 15) is 9.90 Å². The lowest BCUT2D eigenvalue weighted by molar-refractivity contribution is -0.159. The predicted molar refractivity (Wildman–Crippen MR) is 71.2 cm³/mol. The molecule has 2 aliphatic heterocycles. The molecule has 110 valence electrons. The van der Waals surface area contributed by atoms with E-state index in [1.807, 2.05) is 0 Å². The largest absolute Gasteiger partial charge is 0.481 e. The van der Waals surface area contributed by atoms with Crippen molar-refractivity contribution < 1.29 is 19.4 Å². The van der Waals surface area contributed by atoms with Crippen molar-refractivity contribution in [3.8, 4) is 0 Å². The lowest BCUT2D eigenvalue weighted by Gasteiger charge is -2.37. The highest BCUT2D eigenvalue weighted by atomic mass is 16.5. The number of carboxylic acids is 1. The Bertz CT molecular complexity index is 296. The standard InChI is InChI=1S/C14H25NO4/c1-2-15(9-12-5-3-8-19-12)10-14(13(16)17)6-4-7-18-11-14/h12H,2-11H2,1H3,(H,16,17). The molecule has 0 aromatic rings. The van der Waals surface area contributed by atoms with E-state index < -0.39 is 11.4 Å². The molecule has 2 unspecified atom stereocenters. The van der Waals surface area contributed by atoms with Gasteiger partial charge in [0.25, 0.3) is 0 Å². The molecule has 5 nitrogen and oxygen atoms in total. The third kappa shape index (κ3) is 3.68. The summed E-state index contributed by atoms with van der Waals surface area (Å²) in [6.45, 7) is 6.21. The molecule has 2 heterocycles. The van der Waals surface area contributed by atoms with Crippen molar-refractivity contribution >= 4 is 5.97 Å². The molecule has 0 bridgehead atoms. The van der Waals surface area contributed by atoms with Crippen LogP contribution in [-0.4, -0.2) is 61.5 Å². The summed E-state index contributed by atoms with van der Waals surface area (Å²) in [5, 5.41) is 9.56. The zero-order chi connectivity index (χ0) is 13.7. The van der Waals surface area contributed by atoms with E-state index in [1.165, 1.54) is 0 Å². The average Bonchev–Trinajstić information content (AvgIpc) is 2.92. The van der Waals surface area contributed by atoms with Crippen LogP contribution in [0.2, 0.25) is 0 Å². The Kier molecular flexibility index (Phi) is 5.19. The lowest BCUT2D eigenvalue weighted by atomic mass is 9.82. The van der Waals surface area contributed by atoms with E-state index in [2.05, 4.69) is 11.8 Å². The SMILES string of the molecule is CCN(CC1CCCO1)CC1(C(=O)O)CCCOC1. The lowest BCUT2D eigenvalue weighted by Crippen LogP contribution is -2.49. The first kappa shape index (κ1) is 14.8. The number of hydrogen-bond donors (Lipinski definition) is 1. The molecule has 2 atom stereocenters. The minimum Gasteiger partial charge on any atom is -0.481 e. The smallest absolute Gasteiger partial charge is 0.313 e. The van der Waals surface area contributed by atoms with Gasteiger partial charge >= 0.3 is 5.97 Å². The summed E-state index contributed by atoms with van der Waals surface area (Å²) in [7, 11) is 0. The van der Waals surface area contributed by atoms with Crippen molar-refractivity contribution in [3.05, 3.63) is 0 Å². The normalized spacial score (nSPS) is 31.8. The van der Waals surface area contributed by atoms with Gasteiger partial charge < -0.3 is 14.6 Å². The summed E-state index contributed by atoms with van der Waals surface area (Å²) in [5.41, 5.74) is -0.729. The van der Waals surface area contributed by atoms with Crippen molar-refractivity contribution in [1.82, 2.24) is 4.90 Å². The maximum absolute atomic E-state index is 11.6. The average molecular weight is 271 g/mol. The first-order valence-corrected chi connectivity index (χ1v) is 7.31. The highest BCUT2D eigenvalue weighted by Gasteiger charge is 2.42. The Morgan fingerprint density at radius 2 is 2.26 bits per heavy atom. The summed E-state index contributed by atoms with van der Waals surface area (Å²) in [6.07, 6.45) is 4.03. The van der Waals surface area contributed by atoms with Gasteiger partial charge in [-0.05, 0) is 32.2 Å². The molecule has 0 aromatic carbocycles. The summed E-state index contributed by atoms with van der Waals surface area (Å²) in [5.74, 6) is -0.724. The molecule has 0 spiro atoms. The van der Waals surface area contributed by atoms with Crippen LogP contribution in [0.4, 0.5) is 0 Å². The molecule has 2 rings (SSSR count). The van der Waals surface area contributed by atoms with Gasteiger partial charge in [-0.15, -0.1) is 0 Å². The van der Waals surface area contributed by atoms with Crippen LogP contribution in [0.15, 0.2) is 0 Å². The summed E-state index contributed by atoms with van der Waals surface area (Å²) in [6, 6.07) is 0. The molecule has 2 fully saturated rings. The third-order valence-corrected chi connectivity index (χ3v) is 4.24. The van der Waals surface area contributed by atoms with Crippen LogP contribution < -0.4 is 0 Å². The zero-order valence-corrected chi connectivity index (χ0v) is 11.8. The number of carboxylic acid groups (broad SMARTS) is 1. The van der Waals surface area contributed by atoms with Gasteiger partial charge in [0.05, 0.1) is 12.7 Å². The van der Waals surface area contributed by atoms with E-state index in [0.29, 0.717) is 26.2 Å². The monoisotopic (exact) mass is 271 g/mol. The molecule has 0 aromatic heterocycles. The maximum atomic E-state index is 11.6. The molecule has 19 heavy (non-hydrogen) atoms. The molecular weight excluding hydrogens is 246 g/mol. The van der Waals surface area contributed by atoms with Gasteiger partial charge in [-0.3, -0.25) is 9.69 Å². The van der Waals surface area contributed by atoms with Gasteiger partial charge in [0.15, 0.2) is 0 Å². The zero-order valence-electron chi connectivity index (χ0n) is 11.8. The Morgan fingerprint density at radius 3 is 2.79 bits per heavy atom. The van der Waals surface area contributed by atoms with Crippen LogP contribution in [0.25, 0.3) is 0 Å². The van der Waals surface area contributed by atoms with Gasteiger partial charge in [-0.1, -0.05) is 6.92 Å². The maximum Gasteiger partial charge on any atom is 0.313 e. The van der Waals surface area contributed by atoms with Crippen LogP contribution in [0, 0.1) is 5.41 Å². The fourth-order valence-electron chi connectivity index (χ4n) is 3.02. The molecule has 1 N–H and O–H groups in total. The second-order valence-electron chi connectivity index (χ2n) is 5.70. The number of aliphatic carboxylic acids is 1. The molecule has 2 aliphatic rings. The Morgan fingerprint density at radius 1 is 1.42 bits per heavy atom. The fourth-order valence-corrected chi connectivity index (χ4v) is 3.02. The van der Waals surface area contributed by atoms with Gasteiger partial charge in [-0.25, -0.2) is 0 Å². The van der Waals surface area contributed by atoms with E-state index >= 15 is 0 Å². The number of nitrogens with zero attached hydrogens (tertiary/aromatic N) is 1. The van der Waals surface area contributed by atoms with Crippen molar-refractivity contribution in [1.29, 1.82) is 0 Å². The topological polar surface area (TPSA) is 59.0 Å². The fraction of sp³-hybridized carbons (Fsp3) is 0.929. The predicted octanol–water partition coefficient (Wildman–Crippen LogP) is 1.37. The first-order valence-electron chi connectivity index (χ1n) is 7.31. The van der Waals surface area contributed by atoms with E-state index in [1.54, 1.807) is 0 Å². The van der Waals surface area contributed by atoms with Crippen LogP contribution in [0.3, 0.4) is 0 Å². The molecule has 0 amide bonds. The van der Waals surface area contributed by atoms with Gasteiger partial charge in [0.1, 0.15) is 5.41 Å². The summed E-state index contributed by atoms with van der Waals surface area (Å²) < 4.78 is 11.1.